The van der Waals surface area contributed by atoms with E-state index in [1.807, 2.05) is 0 Å². The number of carbonyl (C=O) groups excluding carboxylic acids is 2. The fourth-order valence-electron chi connectivity index (χ4n) is 2.56. The van der Waals surface area contributed by atoms with Crippen LogP contribution >= 0.6 is 34.8 Å². The van der Waals surface area contributed by atoms with Gasteiger partial charge in [0.25, 0.3) is 11.8 Å². The molecule has 138 valence electrons. The van der Waals surface area contributed by atoms with Gasteiger partial charge < -0.3 is 19.0 Å². The van der Waals surface area contributed by atoms with Crippen molar-refractivity contribution < 1.29 is 18.7 Å². The van der Waals surface area contributed by atoms with E-state index in [9.17, 15) is 9.59 Å². The standard InChI is InChI=1S/C17H15Cl3N2O4/c18-11-8-13(20)15(9-12(11)19)26-10-16(23)21-3-5-22(6-4-21)17(24)14-2-1-7-25-14/h1-2,7-9H,3-6,10H2. The monoisotopic (exact) mass is 416 g/mol. The molecule has 1 fully saturated rings. The summed E-state index contributed by atoms with van der Waals surface area (Å²) in [5, 5.41) is 0.886. The highest BCUT2D eigenvalue weighted by Crippen LogP contribution is 2.33. The third kappa shape index (κ3) is 4.26. The number of piperazine rings is 1. The summed E-state index contributed by atoms with van der Waals surface area (Å²) in [4.78, 5) is 27.8. The fraction of sp³-hybridized carbons (Fsp3) is 0.294. The topological polar surface area (TPSA) is 63.0 Å². The molecule has 0 atom stereocenters. The van der Waals surface area contributed by atoms with Crippen LogP contribution in [0, 0.1) is 0 Å². The third-order valence-electron chi connectivity index (χ3n) is 3.98. The third-order valence-corrected chi connectivity index (χ3v) is 5.00. The summed E-state index contributed by atoms with van der Waals surface area (Å²) in [6.45, 7) is 1.52. The predicted molar refractivity (Wildman–Crippen MR) is 98.2 cm³/mol. The second-order valence-electron chi connectivity index (χ2n) is 5.64. The number of furan rings is 1. The lowest BCUT2D eigenvalue weighted by Gasteiger charge is -2.34. The fourth-order valence-corrected chi connectivity index (χ4v) is 3.15. The second-order valence-corrected chi connectivity index (χ2v) is 6.86. The van der Waals surface area contributed by atoms with Crippen molar-refractivity contribution in [3.63, 3.8) is 0 Å². The average molecular weight is 418 g/mol. The van der Waals surface area contributed by atoms with Crippen LogP contribution in [0.5, 0.6) is 5.75 Å². The quantitative estimate of drug-likeness (QED) is 0.713. The van der Waals surface area contributed by atoms with E-state index in [2.05, 4.69) is 0 Å². The van der Waals surface area contributed by atoms with Crippen LogP contribution < -0.4 is 4.74 Å². The Morgan fingerprint density at radius 3 is 2.31 bits per heavy atom. The van der Waals surface area contributed by atoms with Gasteiger partial charge in [-0.3, -0.25) is 9.59 Å². The zero-order valence-electron chi connectivity index (χ0n) is 13.6. The maximum absolute atomic E-state index is 12.3. The first-order chi connectivity index (χ1) is 12.5. The van der Waals surface area contributed by atoms with E-state index in [1.165, 1.54) is 18.4 Å². The Kier molecular flexibility index (Phi) is 5.96. The summed E-state index contributed by atoms with van der Waals surface area (Å²) < 4.78 is 10.6. The van der Waals surface area contributed by atoms with Crippen LogP contribution in [0.3, 0.4) is 0 Å². The molecule has 3 rings (SSSR count). The molecule has 1 aliphatic heterocycles. The van der Waals surface area contributed by atoms with Crippen molar-refractivity contribution in [3.05, 3.63) is 51.4 Å². The molecule has 9 heteroatoms. The second kappa shape index (κ2) is 8.20. The Labute approximate surface area is 165 Å². The number of carbonyl (C=O) groups is 2. The number of hydrogen-bond acceptors (Lipinski definition) is 4. The molecule has 1 aliphatic rings. The van der Waals surface area contributed by atoms with Gasteiger partial charge in [0.15, 0.2) is 12.4 Å². The number of rotatable bonds is 4. The molecule has 0 aliphatic carbocycles. The van der Waals surface area contributed by atoms with E-state index in [-0.39, 0.29) is 23.4 Å². The molecule has 1 aromatic carbocycles. The van der Waals surface area contributed by atoms with Crippen LogP contribution in [0.15, 0.2) is 34.9 Å². The van der Waals surface area contributed by atoms with E-state index in [1.54, 1.807) is 21.9 Å². The molecule has 2 heterocycles. The lowest BCUT2D eigenvalue weighted by atomic mass is 10.3. The van der Waals surface area contributed by atoms with Crippen molar-refractivity contribution in [1.29, 1.82) is 0 Å². The summed E-state index contributed by atoms with van der Waals surface area (Å²) in [6, 6.07) is 6.22. The van der Waals surface area contributed by atoms with Crippen molar-refractivity contribution in [1.82, 2.24) is 9.80 Å². The first-order valence-electron chi connectivity index (χ1n) is 7.83. The molecular weight excluding hydrogens is 403 g/mol. The van der Waals surface area contributed by atoms with Crippen LogP contribution in [-0.4, -0.2) is 54.4 Å². The number of hydrogen-bond donors (Lipinski definition) is 0. The van der Waals surface area contributed by atoms with Crippen molar-refractivity contribution in [2.45, 2.75) is 0 Å². The average Bonchev–Trinajstić information content (AvgIpc) is 3.17. The van der Waals surface area contributed by atoms with Crippen molar-refractivity contribution in [3.8, 4) is 5.75 Å². The van der Waals surface area contributed by atoms with Gasteiger partial charge in [-0.1, -0.05) is 34.8 Å². The molecule has 6 nitrogen and oxygen atoms in total. The summed E-state index contributed by atoms with van der Waals surface area (Å²) >= 11 is 17.8. The van der Waals surface area contributed by atoms with E-state index in [4.69, 9.17) is 44.0 Å². The maximum atomic E-state index is 12.3. The largest absolute Gasteiger partial charge is 0.482 e. The first kappa shape index (κ1) is 18.9. The minimum absolute atomic E-state index is 0.177. The summed E-state index contributed by atoms with van der Waals surface area (Å²) in [5.41, 5.74) is 0. The van der Waals surface area contributed by atoms with E-state index < -0.39 is 0 Å². The highest BCUT2D eigenvalue weighted by molar-refractivity contribution is 6.43. The number of halogens is 3. The predicted octanol–water partition coefficient (Wildman–Crippen LogP) is 3.60. The summed E-state index contributed by atoms with van der Waals surface area (Å²) in [5.74, 6) is 0.210. The van der Waals surface area contributed by atoms with Crippen molar-refractivity contribution in [2.75, 3.05) is 32.8 Å². The van der Waals surface area contributed by atoms with E-state index in [0.717, 1.165) is 0 Å². The number of ether oxygens (including phenoxy) is 1. The van der Waals surface area contributed by atoms with E-state index >= 15 is 0 Å². The molecule has 2 aromatic rings. The van der Waals surface area contributed by atoms with Gasteiger partial charge in [-0.05, 0) is 18.2 Å². The Morgan fingerprint density at radius 1 is 1.00 bits per heavy atom. The molecule has 0 unspecified atom stereocenters. The molecule has 0 bridgehead atoms. The zero-order valence-corrected chi connectivity index (χ0v) is 15.9. The molecule has 0 spiro atoms. The Balaban J connectivity index is 1.51. The smallest absolute Gasteiger partial charge is 0.289 e. The minimum Gasteiger partial charge on any atom is -0.482 e. The van der Waals surface area contributed by atoms with Gasteiger partial charge in [0.2, 0.25) is 0 Å². The van der Waals surface area contributed by atoms with Gasteiger partial charge in [-0.2, -0.15) is 0 Å². The van der Waals surface area contributed by atoms with Gasteiger partial charge in [-0.25, -0.2) is 0 Å². The van der Waals surface area contributed by atoms with Gasteiger partial charge in [0, 0.05) is 32.2 Å². The number of amides is 2. The van der Waals surface area contributed by atoms with Crippen LogP contribution in [0.2, 0.25) is 15.1 Å². The molecule has 0 saturated carbocycles. The van der Waals surface area contributed by atoms with E-state index in [0.29, 0.717) is 47.7 Å². The normalized spacial score (nSPS) is 14.4. The highest BCUT2D eigenvalue weighted by atomic mass is 35.5. The van der Waals surface area contributed by atoms with Crippen LogP contribution in [0.25, 0.3) is 0 Å². The Bertz CT molecular complexity index is 803. The van der Waals surface area contributed by atoms with Gasteiger partial charge in [-0.15, -0.1) is 0 Å². The zero-order chi connectivity index (χ0) is 18.7. The lowest BCUT2D eigenvalue weighted by molar-refractivity contribution is -0.134. The molecule has 26 heavy (non-hydrogen) atoms. The van der Waals surface area contributed by atoms with Crippen molar-refractivity contribution in [2.24, 2.45) is 0 Å². The Morgan fingerprint density at radius 2 is 1.65 bits per heavy atom. The molecule has 1 saturated heterocycles. The van der Waals surface area contributed by atoms with Gasteiger partial charge in [0.05, 0.1) is 21.3 Å². The summed E-state index contributed by atoms with van der Waals surface area (Å²) in [6.07, 6.45) is 1.46. The molecule has 2 amide bonds. The van der Waals surface area contributed by atoms with Crippen LogP contribution in [-0.2, 0) is 4.79 Å². The highest BCUT2D eigenvalue weighted by Gasteiger charge is 2.26. The molecule has 0 radical (unpaired) electrons. The molecule has 1 aromatic heterocycles. The lowest BCUT2D eigenvalue weighted by Crippen LogP contribution is -2.51. The van der Waals surface area contributed by atoms with Crippen LogP contribution in [0.4, 0.5) is 0 Å². The van der Waals surface area contributed by atoms with Gasteiger partial charge >= 0.3 is 0 Å². The number of benzene rings is 1. The van der Waals surface area contributed by atoms with Crippen molar-refractivity contribution >= 4 is 46.6 Å². The minimum atomic E-state index is -0.197. The Hall–Kier alpha value is -1.89. The first-order valence-corrected chi connectivity index (χ1v) is 8.97. The van der Waals surface area contributed by atoms with Crippen LogP contribution in [0.1, 0.15) is 10.6 Å². The SMILES string of the molecule is O=C(COc1cc(Cl)c(Cl)cc1Cl)N1CCN(C(=O)c2ccco2)CC1. The number of nitrogens with zero attached hydrogens (tertiary/aromatic N) is 2. The summed E-state index contributed by atoms with van der Waals surface area (Å²) in [7, 11) is 0. The van der Waals surface area contributed by atoms with Gasteiger partial charge in [0.1, 0.15) is 5.75 Å². The maximum Gasteiger partial charge on any atom is 0.289 e. The molecule has 0 N–H and O–H groups in total. The molecular formula is C17H15Cl3N2O4.